The standard InChI is InChI=1S/C21H26N2/c1-17(2)8-9-20(18-6-4-3-5-7-18)14-23-15-21(16-23)19-10-12-22-13-11-19/h3-7,9-13,17,21H,8,14-16H2,1-2H3/b20-9+. The first-order valence-electron chi connectivity index (χ1n) is 8.59. The largest absolute Gasteiger partial charge is 0.298 e. The van der Waals surface area contributed by atoms with Crippen LogP contribution in [-0.4, -0.2) is 29.5 Å². The number of aromatic nitrogens is 1. The molecule has 2 heteroatoms. The fourth-order valence-electron chi connectivity index (χ4n) is 3.09. The van der Waals surface area contributed by atoms with Crippen molar-refractivity contribution >= 4 is 5.57 Å². The Labute approximate surface area is 139 Å². The minimum atomic E-state index is 0.667. The Morgan fingerprint density at radius 1 is 1.13 bits per heavy atom. The first kappa shape index (κ1) is 15.9. The topological polar surface area (TPSA) is 16.1 Å². The predicted octanol–water partition coefficient (Wildman–Crippen LogP) is 4.61. The van der Waals surface area contributed by atoms with Crippen LogP contribution in [0.1, 0.15) is 37.3 Å². The molecule has 1 saturated heterocycles. The van der Waals surface area contributed by atoms with E-state index in [0.717, 1.165) is 26.1 Å². The number of likely N-dealkylation sites (tertiary alicyclic amines) is 1. The third-order valence-electron chi connectivity index (χ3n) is 4.51. The highest BCUT2D eigenvalue weighted by Crippen LogP contribution is 2.29. The van der Waals surface area contributed by atoms with Crippen molar-refractivity contribution in [2.75, 3.05) is 19.6 Å². The van der Waals surface area contributed by atoms with E-state index in [1.807, 2.05) is 12.4 Å². The zero-order valence-electron chi connectivity index (χ0n) is 14.2. The Hall–Kier alpha value is -1.93. The van der Waals surface area contributed by atoms with Crippen LogP contribution < -0.4 is 0 Å². The Kier molecular flexibility index (Phi) is 5.24. The summed E-state index contributed by atoms with van der Waals surface area (Å²) in [6.45, 7) is 7.91. The van der Waals surface area contributed by atoms with Gasteiger partial charge >= 0.3 is 0 Å². The van der Waals surface area contributed by atoms with Crippen LogP contribution in [0.2, 0.25) is 0 Å². The molecule has 1 aromatic heterocycles. The number of hydrogen-bond acceptors (Lipinski definition) is 2. The maximum absolute atomic E-state index is 4.11. The Morgan fingerprint density at radius 3 is 2.48 bits per heavy atom. The lowest BCUT2D eigenvalue weighted by Gasteiger charge is -2.40. The molecule has 0 radical (unpaired) electrons. The zero-order valence-corrected chi connectivity index (χ0v) is 14.2. The summed E-state index contributed by atoms with van der Waals surface area (Å²) in [5, 5.41) is 0. The van der Waals surface area contributed by atoms with E-state index in [9.17, 15) is 0 Å². The first-order valence-corrected chi connectivity index (χ1v) is 8.59. The molecule has 1 aromatic carbocycles. The van der Waals surface area contributed by atoms with E-state index in [2.05, 4.69) is 72.3 Å². The van der Waals surface area contributed by atoms with Gasteiger partial charge in [0.1, 0.15) is 0 Å². The minimum absolute atomic E-state index is 0.667. The van der Waals surface area contributed by atoms with E-state index in [-0.39, 0.29) is 0 Å². The number of nitrogens with zero attached hydrogens (tertiary/aromatic N) is 2. The van der Waals surface area contributed by atoms with E-state index >= 15 is 0 Å². The van der Waals surface area contributed by atoms with Crippen LogP contribution in [0.3, 0.4) is 0 Å². The quantitative estimate of drug-likeness (QED) is 0.774. The molecule has 2 heterocycles. The van der Waals surface area contributed by atoms with E-state index in [1.165, 1.54) is 16.7 Å². The number of rotatable bonds is 6. The molecule has 3 rings (SSSR count). The van der Waals surface area contributed by atoms with Crippen molar-refractivity contribution in [3.05, 3.63) is 72.1 Å². The van der Waals surface area contributed by atoms with Gasteiger partial charge in [0.05, 0.1) is 0 Å². The molecule has 0 N–H and O–H groups in total. The fourth-order valence-corrected chi connectivity index (χ4v) is 3.09. The molecule has 23 heavy (non-hydrogen) atoms. The third-order valence-corrected chi connectivity index (χ3v) is 4.51. The maximum Gasteiger partial charge on any atom is 0.0270 e. The Balaban J connectivity index is 1.63. The average molecular weight is 306 g/mol. The van der Waals surface area contributed by atoms with Crippen molar-refractivity contribution in [1.29, 1.82) is 0 Å². The van der Waals surface area contributed by atoms with Gasteiger partial charge in [0.2, 0.25) is 0 Å². The van der Waals surface area contributed by atoms with Crippen molar-refractivity contribution < 1.29 is 0 Å². The second kappa shape index (κ2) is 7.56. The van der Waals surface area contributed by atoms with E-state index in [4.69, 9.17) is 0 Å². The monoisotopic (exact) mass is 306 g/mol. The normalized spacial score (nSPS) is 16.6. The van der Waals surface area contributed by atoms with Gasteiger partial charge in [-0.2, -0.15) is 0 Å². The minimum Gasteiger partial charge on any atom is -0.298 e. The molecule has 2 nitrogen and oxygen atoms in total. The molecule has 0 amide bonds. The molecular formula is C21H26N2. The lowest BCUT2D eigenvalue weighted by Crippen LogP contribution is -2.45. The van der Waals surface area contributed by atoms with Crippen LogP contribution in [0.4, 0.5) is 0 Å². The van der Waals surface area contributed by atoms with Gasteiger partial charge < -0.3 is 0 Å². The molecule has 1 aliphatic rings. The highest BCUT2D eigenvalue weighted by molar-refractivity contribution is 5.67. The summed E-state index contributed by atoms with van der Waals surface area (Å²) in [7, 11) is 0. The van der Waals surface area contributed by atoms with Crippen LogP contribution in [-0.2, 0) is 0 Å². The van der Waals surface area contributed by atoms with Gasteiger partial charge in [-0.3, -0.25) is 9.88 Å². The molecule has 0 saturated carbocycles. The lowest BCUT2D eigenvalue weighted by atomic mass is 9.91. The molecule has 0 bridgehead atoms. The van der Waals surface area contributed by atoms with Crippen molar-refractivity contribution in [2.24, 2.45) is 5.92 Å². The zero-order chi connectivity index (χ0) is 16.1. The molecule has 0 spiro atoms. The number of benzene rings is 1. The molecule has 2 aromatic rings. The second-order valence-electron chi connectivity index (χ2n) is 6.90. The van der Waals surface area contributed by atoms with E-state index in [0.29, 0.717) is 11.8 Å². The van der Waals surface area contributed by atoms with Crippen molar-refractivity contribution in [1.82, 2.24) is 9.88 Å². The summed E-state index contributed by atoms with van der Waals surface area (Å²) in [5.74, 6) is 1.37. The average Bonchev–Trinajstić information content (AvgIpc) is 2.54. The third kappa shape index (κ3) is 4.29. The summed E-state index contributed by atoms with van der Waals surface area (Å²) in [5.41, 5.74) is 4.25. The van der Waals surface area contributed by atoms with Gasteiger partial charge in [-0.05, 0) is 41.2 Å². The van der Waals surface area contributed by atoms with Crippen molar-refractivity contribution in [3.63, 3.8) is 0 Å². The highest BCUT2D eigenvalue weighted by atomic mass is 15.2. The van der Waals surface area contributed by atoms with E-state index in [1.54, 1.807) is 0 Å². The molecule has 0 unspecified atom stereocenters. The van der Waals surface area contributed by atoms with Gasteiger partial charge in [0, 0.05) is 37.9 Å². The Bertz CT molecular complexity index is 625. The lowest BCUT2D eigenvalue weighted by molar-refractivity contribution is 0.170. The Morgan fingerprint density at radius 2 is 1.83 bits per heavy atom. The van der Waals surface area contributed by atoms with Gasteiger partial charge in [-0.15, -0.1) is 0 Å². The molecule has 0 aliphatic carbocycles. The van der Waals surface area contributed by atoms with Crippen LogP contribution in [0, 0.1) is 5.92 Å². The van der Waals surface area contributed by atoms with Crippen LogP contribution in [0.5, 0.6) is 0 Å². The molecule has 1 aliphatic heterocycles. The molecule has 0 atom stereocenters. The summed E-state index contributed by atoms with van der Waals surface area (Å²) < 4.78 is 0. The highest BCUT2D eigenvalue weighted by Gasteiger charge is 2.28. The smallest absolute Gasteiger partial charge is 0.0270 e. The van der Waals surface area contributed by atoms with Crippen molar-refractivity contribution in [2.45, 2.75) is 26.2 Å². The molecular weight excluding hydrogens is 280 g/mol. The summed E-state index contributed by atoms with van der Waals surface area (Å²) in [6, 6.07) is 15.1. The number of pyridine rings is 1. The van der Waals surface area contributed by atoms with Gasteiger partial charge in [0.15, 0.2) is 0 Å². The van der Waals surface area contributed by atoms with Crippen molar-refractivity contribution in [3.8, 4) is 0 Å². The maximum atomic E-state index is 4.11. The van der Waals surface area contributed by atoms with Crippen LogP contribution in [0.15, 0.2) is 60.9 Å². The van der Waals surface area contributed by atoms with Gasteiger partial charge in [0.25, 0.3) is 0 Å². The van der Waals surface area contributed by atoms with Gasteiger partial charge in [-0.25, -0.2) is 0 Å². The molecule has 1 fully saturated rings. The summed E-state index contributed by atoms with van der Waals surface area (Å²) in [4.78, 5) is 6.66. The number of hydrogen-bond donors (Lipinski definition) is 0. The first-order chi connectivity index (χ1) is 11.2. The summed E-state index contributed by atoms with van der Waals surface area (Å²) >= 11 is 0. The fraction of sp³-hybridized carbons (Fsp3) is 0.381. The summed E-state index contributed by atoms with van der Waals surface area (Å²) in [6.07, 6.45) is 7.37. The SMILES string of the molecule is CC(C)C/C=C(\CN1CC(c2ccncc2)C1)c1ccccc1. The van der Waals surface area contributed by atoms with Crippen LogP contribution >= 0.6 is 0 Å². The van der Waals surface area contributed by atoms with Crippen LogP contribution in [0.25, 0.3) is 5.57 Å². The van der Waals surface area contributed by atoms with E-state index < -0.39 is 0 Å². The number of allylic oxidation sites excluding steroid dienone is 1. The van der Waals surface area contributed by atoms with Gasteiger partial charge in [-0.1, -0.05) is 50.3 Å². The second-order valence-corrected chi connectivity index (χ2v) is 6.90. The predicted molar refractivity (Wildman–Crippen MR) is 97.3 cm³/mol. The molecule has 120 valence electrons.